The second-order valence-corrected chi connectivity index (χ2v) is 6.29. The van der Waals surface area contributed by atoms with Crippen molar-refractivity contribution in [2.45, 2.75) is 13.3 Å². The van der Waals surface area contributed by atoms with Crippen molar-refractivity contribution in [1.82, 2.24) is 9.38 Å². The number of pyridine rings is 1. The van der Waals surface area contributed by atoms with Crippen LogP contribution < -0.4 is 10.1 Å². The molecule has 0 spiro atoms. The highest BCUT2D eigenvalue weighted by Crippen LogP contribution is 2.29. The summed E-state index contributed by atoms with van der Waals surface area (Å²) in [6.07, 6.45) is 4.01. The zero-order chi connectivity index (χ0) is 18.6. The number of aryl methyl sites for hydroxylation is 1. The fourth-order valence-corrected chi connectivity index (χ4v) is 2.92. The number of benzene rings is 2. The average Bonchev–Trinajstić information content (AvgIpc) is 3.08. The fourth-order valence-electron chi connectivity index (χ4n) is 2.92. The number of fused-ring (bicyclic) bond motifs is 1. The van der Waals surface area contributed by atoms with Gasteiger partial charge >= 0.3 is 0 Å². The Bertz CT molecular complexity index is 1090. The number of aromatic nitrogens is 2. The van der Waals surface area contributed by atoms with Gasteiger partial charge in [-0.15, -0.1) is 0 Å². The van der Waals surface area contributed by atoms with Crippen LogP contribution in [0.2, 0.25) is 0 Å². The number of hydrogen-bond donors (Lipinski definition) is 1. The lowest BCUT2D eigenvalue weighted by atomic mass is 10.2. The van der Waals surface area contributed by atoms with Gasteiger partial charge < -0.3 is 14.5 Å². The van der Waals surface area contributed by atoms with Crippen molar-refractivity contribution in [3.05, 3.63) is 90.4 Å². The van der Waals surface area contributed by atoms with Gasteiger partial charge in [-0.3, -0.25) is 4.79 Å². The number of para-hydroxylation sites is 3. The molecule has 5 nitrogen and oxygen atoms in total. The van der Waals surface area contributed by atoms with Gasteiger partial charge in [0.1, 0.15) is 11.4 Å². The van der Waals surface area contributed by atoms with Crippen molar-refractivity contribution in [2.75, 3.05) is 5.32 Å². The molecule has 2 heterocycles. The molecule has 0 unspecified atom stereocenters. The van der Waals surface area contributed by atoms with E-state index in [4.69, 9.17) is 4.74 Å². The van der Waals surface area contributed by atoms with Crippen LogP contribution in [-0.2, 0) is 11.2 Å². The Kier molecular flexibility index (Phi) is 4.58. The third-order valence-electron chi connectivity index (χ3n) is 4.20. The highest BCUT2D eigenvalue weighted by Gasteiger charge is 2.12. The molecule has 1 N–H and O–H groups in total. The summed E-state index contributed by atoms with van der Waals surface area (Å²) in [5.41, 5.74) is 3.30. The van der Waals surface area contributed by atoms with E-state index in [2.05, 4.69) is 10.3 Å². The molecule has 0 atom stereocenters. The highest BCUT2D eigenvalue weighted by molar-refractivity contribution is 5.93. The predicted molar refractivity (Wildman–Crippen MR) is 105 cm³/mol. The van der Waals surface area contributed by atoms with Crippen molar-refractivity contribution < 1.29 is 9.53 Å². The maximum absolute atomic E-state index is 12.5. The quantitative estimate of drug-likeness (QED) is 0.567. The van der Waals surface area contributed by atoms with E-state index in [9.17, 15) is 4.79 Å². The van der Waals surface area contributed by atoms with E-state index in [1.807, 2.05) is 90.4 Å². The summed E-state index contributed by atoms with van der Waals surface area (Å²) < 4.78 is 7.82. The number of nitrogens with zero attached hydrogens (tertiary/aromatic N) is 2. The Morgan fingerprint density at radius 2 is 1.81 bits per heavy atom. The van der Waals surface area contributed by atoms with Gasteiger partial charge in [0.05, 0.1) is 17.8 Å². The van der Waals surface area contributed by atoms with Crippen LogP contribution in [0.1, 0.15) is 11.3 Å². The van der Waals surface area contributed by atoms with Crippen molar-refractivity contribution in [3.8, 4) is 11.5 Å². The number of carbonyl (C=O) groups is 1. The lowest BCUT2D eigenvalue weighted by molar-refractivity contribution is -0.115. The largest absolute Gasteiger partial charge is 0.455 e. The molecule has 1 amide bonds. The molecule has 0 radical (unpaired) electrons. The van der Waals surface area contributed by atoms with Gasteiger partial charge in [0, 0.05) is 12.4 Å². The first kappa shape index (κ1) is 16.8. The molecular formula is C22H19N3O2. The van der Waals surface area contributed by atoms with Crippen molar-refractivity contribution >= 4 is 17.2 Å². The maximum Gasteiger partial charge on any atom is 0.230 e. The molecule has 2 aromatic carbocycles. The monoisotopic (exact) mass is 357 g/mol. The van der Waals surface area contributed by atoms with Crippen LogP contribution in [0.25, 0.3) is 5.65 Å². The molecule has 27 heavy (non-hydrogen) atoms. The van der Waals surface area contributed by atoms with Crippen molar-refractivity contribution in [3.63, 3.8) is 0 Å². The van der Waals surface area contributed by atoms with Gasteiger partial charge in [0.2, 0.25) is 5.91 Å². The smallest absolute Gasteiger partial charge is 0.230 e. The van der Waals surface area contributed by atoms with E-state index in [1.165, 1.54) is 0 Å². The van der Waals surface area contributed by atoms with Gasteiger partial charge in [-0.1, -0.05) is 36.4 Å². The summed E-state index contributed by atoms with van der Waals surface area (Å²) in [4.78, 5) is 17.1. The average molecular weight is 357 g/mol. The minimum atomic E-state index is -0.139. The van der Waals surface area contributed by atoms with Gasteiger partial charge in [-0.25, -0.2) is 4.98 Å². The molecule has 5 heteroatoms. The minimum Gasteiger partial charge on any atom is -0.455 e. The molecule has 0 aliphatic carbocycles. The number of hydrogen-bond acceptors (Lipinski definition) is 3. The van der Waals surface area contributed by atoms with Gasteiger partial charge in [-0.05, 0) is 42.8 Å². The Morgan fingerprint density at radius 3 is 2.63 bits per heavy atom. The van der Waals surface area contributed by atoms with Gasteiger partial charge in [0.25, 0.3) is 0 Å². The third-order valence-corrected chi connectivity index (χ3v) is 4.20. The molecule has 4 rings (SSSR count). The number of imidazole rings is 1. The van der Waals surface area contributed by atoms with E-state index in [-0.39, 0.29) is 12.3 Å². The van der Waals surface area contributed by atoms with Crippen LogP contribution in [-0.4, -0.2) is 15.3 Å². The summed E-state index contributed by atoms with van der Waals surface area (Å²) in [5.74, 6) is 1.18. The van der Waals surface area contributed by atoms with E-state index in [0.29, 0.717) is 11.4 Å². The number of nitrogens with one attached hydrogen (secondary N) is 1. The highest BCUT2D eigenvalue weighted by atomic mass is 16.5. The first-order chi connectivity index (χ1) is 13.2. The molecule has 0 fully saturated rings. The number of rotatable bonds is 5. The van der Waals surface area contributed by atoms with Gasteiger partial charge in [0.15, 0.2) is 5.75 Å². The Morgan fingerprint density at radius 1 is 1.04 bits per heavy atom. The Balaban J connectivity index is 1.50. The van der Waals surface area contributed by atoms with Crippen molar-refractivity contribution in [1.29, 1.82) is 0 Å². The van der Waals surface area contributed by atoms with E-state index >= 15 is 0 Å². The topological polar surface area (TPSA) is 55.6 Å². The summed E-state index contributed by atoms with van der Waals surface area (Å²) >= 11 is 0. The molecule has 0 aliphatic heterocycles. The second-order valence-electron chi connectivity index (χ2n) is 6.29. The molecule has 4 aromatic rings. The SMILES string of the molecule is Cc1cccn2cc(CC(=O)Nc3ccccc3Oc3ccccc3)nc12. The predicted octanol–water partition coefficient (Wildman–Crippen LogP) is 4.62. The van der Waals surface area contributed by atoms with Crippen LogP contribution in [0.5, 0.6) is 11.5 Å². The maximum atomic E-state index is 12.5. The van der Waals surface area contributed by atoms with E-state index in [0.717, 1.165) is 22.7 Å². The zero-order valence-electron chi connectivity index (χ0n) is 14.9. The molecule has 0 saturated heterocycles. The first-order valence-corrected chi connectivity index (χ1v) is 8.74. The molecule has 0 bridgehead atoms. The zero-order valence-corrected chi connectivity index (χ0v) is 14.9. The number of carbonyl (C=O) groups excluding carboxylic acids is 1. The minimum absolute atomic E-state index is 0.139. The van der Waals surface area contributed by atoms with Crippen LogP contribution in [0.3, 0.4) is 0 Å². The number of ether oxygens (including phenoxy) is 1. The summed E-state index contributed by atoms with van der Waals surface area (Å²) in [7, 11) is 0. The Labute approximate surface area is 157 Å². The van der Waals surface area contributed by atoms with Crippen LogP contribution in [0, 0.1) is 6.92 Å². The summed E-state index contributed by atoms with van der Waals surface area (Å²) in [6, 6.07) is 20.8. The normalized spacial score (nSPS) is 10.7. The van der Waals surface area contributed by atoms with Crippen LogP contribution in [0.15, 0.2) is 79.1 Å². The van der Waals surface area contributed by atoms with E-state index < -0.39 is 0 Å². The lowest BCUT2D eigenvalue weighted by Gasteiger charge is -2.11. The van der Waals surface area contributed by atoms with Crippen LogP contribution in [0.4, 0.5) is 5.69 Å². The summed E-state index contributed by atoms with van der Waals surface area (Å²) in [6.45, 7) is 2.00. The first-order valence-electron chi connectivity index (χ1n) is 8.74. The van der Waals surface area contributed by atoms with E-state index in [1.54, 1.807) is 0 Å². The van der Waals surface area contributed by atoms with Crippen molar-refractivity contribution in [2.24, 2.45) is 0 Å². The second kappa shape index (κ2) is 7.33. The molecule has 0 aliphatic rings. The fraction of sp³-hybridized carbons (Fsp3) is 0.0909. The van der Waals surface area contributed by atoms with Gasteiger partial charge in [-0.2, -0.15) is 0 Å². The molecule has 2 aromatic heterocycles. The number of amides is 1. The lowest BCUT2D eigenvalue weighted by Crippen LogP contribution is -2.15. The molecule has 0 saturated carbocycles. The molecular weight excluding hydrogens is 338 g/mol. The third kappa shape index (κ3) is 3.82. The number of anilines is 1. The standard InChI is InChI=1S/C22H19N3O2/c1-16-8-7-13-25-15-17(23-22(16)25)14-21(26)24-19-11-5-6-12-20(19)27-18-9-3-2-4-10-18/h2-13,15H,14H2,1H3,(H,24,26). The molecule has 134 valence electrons. The van der Waals surface area contributed by atoms with Crippen LogP contribution >= 0.6 is 0 Å². The summed E-state index contributed by atoms with van der Waals surface area (Å²) in [5, 5.41) is 2.93. The Hall–Kier alpha value is -3.60.